The number of thiazole rings is 1. The lowest BCUT2D eigenvalue weighted by molar-refractivity contribution is 0.308. The second-order valence-electron chi connectivity index (χ2n) is 2.00. The topological polar surface area (TPSA) is 22.1 Å². The van der Waals surface area contributed by atoms with E-state index < -0.39 is 0 Å². The second-order valence-corrected chi connectivity index (χ2v) is 2.86. The highest BCUT2D eigenvalue weighted by Gasteiger charge is 1.92. The average Bonchev–Trinajstić information content (AvgIpc) is 2.41. The first-order chi connectivity index (χ1) is 4.93. The van der Waals surface area contributed by atoms with Crippen molar-refractivity contribution in [2.75, 3.05) is 6.61 Å². The Morgan fingerprint density at radius 1 is 1.70 bits per heavy atom. The lowest BCUT2D eigenvalue weighted by atomic mass is 10.4. The molecular formula is C7H11NOS. The van der Waals surface area contributed by atoms with Crippen molar-refractivity contribution in [3.8, 4) is 5.19 Å². The van der Waals surface area contributed by atoms with E-state index in [0.717, 1.165) is 18.2 Å². The van der Waals surface area contributed by atoms with E-state index in [0.29, 0.717) is 0 Å². The van der Waals surface area contributed by atoms with Gasteiger partial charge in [0.05, 0.1) is 6.61 Å². The monoisotopic (exact) mass is 157 g/mol. The van der Waals surface area contributed by atoms with Gasteiger partial charge in [0.25, 0.3) is 5.19 Å². The third kappa shape index (κ3) is 2.35. The molecule has 1 heterocycles. The Morgan fingerprint density at radius 2 is 2.60 bits per heavy atom. The van der Waals surface area contributed by atoms with Crippen molar-refractivity contribution in [1.82, 2.24) is 4.98 Å². The first-order valence-electron chi connectivity index (χ1n) is 3.45. The van der Waals surface area contributed by atoms with Crippen LogP contribution in [0.15, 0.2) is 11.6 Å². The molecule has 0 amide bonds. The number of hydrogen-bond donors (Lipinski definition) is 0. The quantitative estimate of drug-likeness (QED) is 0.626. The predicted molar refractivity (Wildman–Crippen MR) is 42.5 cm³/mol. The molecule has 0 N–H and O–H groups in total. The van der Waals surface area contributed by atoms with E-state index in [-0.39, 0.29) is 0 Å². The van der Waals surface area contributed by atoms with Crippen LogP contribution in [0, 0.1) is 0 Å². The highest BCUT2D eigenvalue weighted by atomic mass is 32.1. The molecule has 0 bridgehead atoms. The van der Waals surface area contributed by atoms with Crippen LogP contribution in [-0.4, -0.2) is 11.6 Å². The Hall–Kier alpha value is -0.570. The van der Waals surface area contributed by atoms with Crippen LogP contribution in [0.5, 0.6) is 5.19 Å². The second kappa shape index (κ2) is 4.28. The Morgan fingerprint density at radius 3 is 3.20 bits per heavy atom. The van der Waals surface area contributed by atoms with Gasteiger partial charge in [0.15, 0.2) is 0 Å². The molecule has 3 heteroatoms. The van der Waals surface area contributed by atoms with Crippen molar-refractivity contribution in [1.29, 1.82) is 0 Å². The fraction of sp³-hybridized carbons (Fsp3) is 0.571. The molecule has 2 nitrogen and oxygen atoms in total. The van der Waals surface area contributed by atoms with Gasteiger partial charge in [0.1, 0.15) is 0 Å². The van der Waals surface area contributed by atoms with Crippen LogP contribution in [0.2, 0.25) is 0 Å². The van der Waals surface area contributed by atoms with Crippen LogP contribution in [0.4, 0.5) is 0 Å². The Balaban J connectivity index is 2.15. The standard InChI is InChI=1S/C7H11NOS/c1-2-3-5-9-7-8-4-6-10-7/h4,6H,2-3,5H2,1H3. The van der Waals surface area contributed by atoms with E-state index in [9.17, 15) is 0 Å². The van der Waals surface area contributed by atoms with Gasteiger partial charge >= 0.3 is 0 Å². The molecule has 0 fully saturated rings. The van der Waals surface area contributed by atoms with Gasteiger partial charge in [-0.3, -0.25) is 0 Å². The number of rotatable bonds is 4. The van der Waals surface area contributed by atoms with Crippen molar-refractivity contribution in [2.24, 2.45) is 0 Å². The molecule has 0 atom stereocenters. The van der Waals surface area contributed by atoms with Crippen LogP contribution < -0.4 is 4.74 Å². The minimum Gasteiger partial charge on any atom is -0.470 e. The first-order valence-corrected chi connectivity index (χ1v) is 4.33. The van der Waals surface area contributed by atoms with Gasteiger partial charge in [0, 0.05) is 11.6 Å². The summed E-state index contributed by atoms with van der Waals surface area (Å²) in [6.45, 7) is 2.94. The highest BCUT2D eigenvalue weighted by molar-refractivity contribution is 7.11. The minimum absolute atomic E-state index is 0.786. The number of aromatic nitrogens is 1. The molecule has 56 valence electrons. The molecule has 1 rings (SSSR count). The summed E-state index contributed by atoms with van der Waals surface area (Å²) in [5.41, 5.74) is 0. The van der Waals surface area contributed by atoms with Crippen molar-refractivity contribution in [2.45, 2.75) is 19.8 Å². The summed E-state index contributed by atoms with van der Waals surface area (Å²) in [5, 5.41) is 2.70. The summed E-state index contributed by atoms with van der Waals surface area (Å²) in [7, 11) is 0. The molecule has 0 aliphatic carbocycles. The maximum absolute atomic E-state index is 5.29. The Labute approximate surface area is 64.9 Å². The van der Waals surface area contributed by atoms with Gasteiger partial charge in [-0.05, 0) is 6.42 Å². The van der Waals surface area contributed by atoms with Crippen LogP contribution in [0.1, 0.15) is 19.8 Å². The predicted octanol–water partition coefficient (Wildman–Crippen LogP) is 2.32. The summed E-state index contributed by atoms with van der Waals surface area (Å²) < 4.78 is 5.29. The van der Waals surface area contributed by atoms with E-state index in [2.05, 4.69) is 11.9 Å². The molecule has 0 spiro atoms. The van der Waals surface area contributed by atoms with Crippen molar-refractivity contribution < 1.29 is 4.74 Å². The fourth-order valence-electron chi connectivity index (χ4n) is 0.585. The largest absolute Gasteiger partial charge is 0.470 e. The molecule has 0 aliphatic rings. The smallest absolute Gasteiger partial charge is 0.273 e. The van der Waals surface area contributed by atoms with E-state index >= 15 is 0 Å². The fourth-order valence-corrected chi connectivity index (χ4v) is 1.10. The SMILES string of the molecule is CCCCOc1nccs1. The maximum atomic E-state index is 5.29. The number of nitrogens with zero attached hydrogens (tertiary/aromatic N) is 1. The first kappa shape index (κ1) is 7.54. The van der Waals surface area contributed by atoms with E-state index in [4.69, 9.17) is 4.74 Å². The molecule has 0 radical (unpaired) electrons. The van der Waals surface area contributed by atoms with E-state index in [1.54, 1.807) is 17.5 Å². The summed E-state index contributed by atoms with van der Waals surface area (Å²) in [4.78, 5) is 3.98. The van der Waals surface area contributed by atoms with E-state index in [1.165, 1.54) is 6.42 Å². The van der Waals surface area contributed by atoms with Gasteiger partial charge in [-0.2, -0.15) is 0 Å². The van der Waals surface area contributed by atoms with Crippen LogP contribution in [-0.2, 0) is 0 Å². The summed E-state index contributed by atoms with van der Waals surface area (Å²) >= 11 is 1.54. The van der Waals surface area contributed by atoms with Gasteiger partial charge in [-0.1, -0.05) is 24.7 Å². The summed E-state index contributed by atoms with van der Waals surface area (Å²) in [6, 6.07) is 0. The third-order valence-electron chi connectivity index (χ3n) is 1.13. The highest BCUT2D eigenvalue weighted by Crippen LogP contribution is 2.13. The zero-order valence-corrected chi connectivity index (χ0v) is 6.86. The molecule has 0 saturated heterocycles. The third-order valence-corrected chi connectivity index (χ3v) is 1.82. The van der Waals surface area contributed by atoms with Crippen molar-refractivity contribution in [3.63, 3.8) is 0 Å². The van der Waals surface area contributed by atoms with Crippen molar-refractivity contribution in [3.05, 3.63) is 11.6 Å². The molecule has 10 heavy (non-hydrogen) atoms. The molecule has 0 saturated carbocycles. The molecule has 0 aromatic carbocycles. The van der Waals surface area contributed by atoms with E-state index in [1.807, 2.05) is 5.38 Å². The van der Waals surface area contributed by atoms with Gasteiger partial charge in [-0.15, -0.1) is 0 Å². The summed E-state index contributed by atoms with van der Waals surface area (Å²) in [5.74, 6) is 0. The zero-order valence-electron chi connectivity index (χ0n) is 6.04. The summed E-state index contributed by atoms with van der Waals surface area (Å²) in [6.07, 6.45) is 4.04. The van der Waals surface area contributed by atoms with Crippen LogP contribution in [0.3, 0.4) is 0 Å². The van der Waals surface area contributed by atoms with Gasteiger partial charge in [-0.25, -0.2) is 4.98 Å². The number of unbranched alkanes of at least 4 members (excludes halogenated alkanes) is 1. The zero-order chi connectivity index (χ0) is 7.23. The molecule has 0 unspecified atom stereocenters. The normalized spacial score (nSPS) is 9.70. The molecule has 0 aliphatic heterocycles. The van der Waals surface area contributed by atoms with Gasteiger partial charge in [0.2, 0.25) is 0 Å². The Kier molecular flexibility index (Phi) is 3.22. The molecule has 1 aromatic heterocycles. The van der Waals surface area contributed by atoms with Crippen molar-refractivity contribution >= 4 is 11.3 Å². The van der Waals surface area contributed by atoms with Gasteiger partial charge < -0.3 is 4.74 Å². The minimum atomic E-state index is 0.786. The Bertz CT molecular complexity index is 162. The lowest BCUT2D eigenvalue weighted by Crippen LogP contribution is -1.94. The van der Waals surface area contributed by atoms with Crippen LogP contribution in [0.25, 0.3) is 0 Å². The molecule has 1 aromatic rings. The average molecular weight is 157 g/mol. The van der Waals surface area contributed by atoms with Crippen LogP contribution >= 0.6 is 11.3 Å². The number of ether oxygens (including phenoxy) is 1. The number of hydrogen-bond acceptors (Lipinski definition) is 3. The lowest BCUT2D eigenvalue weighted by Gasteiger charge is -1.97. The molecular weight excluding hydrogens is 146 g/mol. The maximum Gasteiger partial charge on any atom is 0.273 e.